The number of hydrogen-bond acceptors (Lipinski definition) is 5. The molecule has 2 rings (SSSR count). The average Bonchev–Trinajstić information content (AvgIpc) is 2.65. The standard InChI is InChI=1S/C18H21F2NO5S/c1-21(11-10-13-8-9-14(24-2)16(12-13)25-3)27(22,23)17-7-5-4-6-15(17)26-18(19)20/h4-9,12,18H,10-11H2,1-3H3. The zero-order valence-electron chi connectivity index (χ0n) is 15.2. The van der Waals surface area contributed by atoms with Gasteiger partial charge in [0.1, 0.15) is 10.6 Å². The quantitative estimate of drug-likeness (QED) is 0.646. The SMILES string of the molecule is COc1ccc(CCN(C)S(=O)(=O)c2ccccc2OC(F)F)cc1OC. The molecule has 0 aromatic heterocycles. The largest absolute Gasteiger partial charge is 0.493 e. The van der Waals surface area contributed by atoms with Crippen LogP contribution in [0.2, 0.25) is 0 Å². The molecule has 6 nitrogen and oxygen atoms in total. The maximum absolute atomic E-state index is 12.7. The van der Waals surface area contributed by atoms with Gasteiger partial charge in [0.2, 0.25) is 10.0 Å². The highest BCUT2D eigenvalue weighted by atomic mass is 32.2. The minimum absolute atomic E-state index is 0.140. The summed E-state index contributed by atoms with van der Waals surface area (Å²) in [5.41, 5.74) is 0.840. The first-order valence-electron chi connectivity index (χ1n) is 8.00. The molecule has 0 saturated carbocycles. The van der Waals surface area contributed by atoms with E-state index in [1.165, 1.54) is 45.5 Å². The zero-order chi connectivity index (χ0) is 20.0. The normalized spacial score (nSPS) is 11.7. The molecule has 0 aliphatic heterocycles. The van der Waals surface area contributed by atoms with Gasteiger partial charge in [0.15, 0.2) is 11.5 Å². The van der Waals surface area contributed by atoms with Crippen LogP contribution >= 0.6 is 0 Å². The van der Waals surface area contributed by atoms with Gasteiger partial charge in [0, 0.05) is 13.6 Å². The van der Waals surface area contributed by atoms with Crippen molar-refractivity contribution in [1.82, 2.24) is 4.31 Å². The van der Waals surface area contributed by atoms with Crippen LogP contribution in [0.1, 0.15) is 5.56 Å². The number of rotatable bonds is 9. The molecule has 148 valence electrons. The fraction of sp³-hybridized carbons (Fsp3) is 0.333. The maximum Gasteiger partial charge on any atom is 0.387 e. The molecule has 2 aromatic rings. The van der Waals surface area contributed by atoms with Crippen LogP contribution in [0.15, 0.2) is 47.4 Å². The lowest BCUT2D eigenvalue weighted by Gasteiger charge is -2.19. The molecule has 0 heterocycles. The third-order valence-electron chi connectivity index (χ3n) is 3.92. The number of sulfonamides is 1. The molecule has 0 aliphatic carbocycles. The van der Waals surface area contributed by atoms with Crippen molar-refractivity contribution in [2.75, 3.05) is 27.8 Å². The van der Waals surface area contributed by atoms with Crippen molar-refractivity contribution in [2.45, 2.75) is 17.9 Å². The number of methoxy groups -OCH3 is 2. The van der Waals surface area contributed by atoms with Gasteiger partial charge in [-0.15, -0.1) is 0 Å². The summed E-state index contributed by atoms with van der Waals surface area (Å²) in [6, 6.07) is 10.6. The summed E-state index contributed by atoms with van der Waals surface area (Å²) in [4.78, 5) is -0.305. The topological polar surface area (TPSA) is 65.1 Å². The Balaban J connectivity index is 2.17. The van der Waals surface area contributed by atoms with Gasteiger partial charge in [-0.25, -0.2) is 12.7 Å². The van der Waals surface area contributed by atoms with Crippen LogP contribution in [0, 0.1) is 0 Å². The Labute approximate surface area is 157 Å². The predicted octanol–water partition coefficient (Wildman–Crippen LogP) is 3.17. The molecular weight excluding hydrogens is 380 g/mol. The van der Waals surface area contributed by atoms with E-state index >= 15 is 0 Å². The van der Waals surface area contributed by atoms with Crippen molar-refractivity contribution in [1.29, 1.82) is 0 Å². The van der Waals surface area contributed by atoms with E-state index in [0.29, 0.717) is 17.9 Å². The fourth-order valence-corrected chi connectivity index (χ4v) is 3.76. The van der Waals surface area contributed by atoms with Gasteiger partial charge < -0.3 is 14.2 Å². The number of hydrogen-bond donors (Lipinski definition) is 0. The van der Waals surface area contributed by atoms with Crippen LogP contribution in [0.25, 0.3) is 0 Å². The first-order valence-corrected chi connectivity index (χ1v) is 9.44. The van der Waals surface area contributed by atoms with Crippen LogP contribution in [0.5, 0.6) is 17.2 Å². The van der Waals surface area contributed by atoms with Gasteiger partial charge >= 0.3 is 6.61 Å². The number of nitrogens with zero attached hydrogens (tertiary/aromatic N) is 1. The highest BCUT2D eigenvalue weighted by molar-refractivity contribution is 7.89. The minimum Gasteiger partial charge on any atom is -0.493 e. The van der Waals surface area contributed by atoms with Gasteiger partial charge in [-0.1, -0.05) is 18.2 Å². The van der Waals surface area contributed by atoms with Crippen molar-refractivity contribution in [2.24, 2.45) is 0 Å². The summed E-state index contributed by atoms with van der Waals surface area (Å²) < 4.78 is 66.4. The lowest BCUT2D eigenvalue weighted by atomic mass is 10.1. The van der Waals surface area contributed by atoms with E-state index in [0.717, 1.165) is 9.87 Å². The lowest BCUT2D eigenvalue weighted by molar-refractivity contribution is -0.0517. The van der Waals surface area contributed by atoms with Crippen molar-refractivity contribution in [3.8, 4) is 17.2 Å². The molecule has 0 spiro atoms. The number of halogens is 2. The van der Waals surface area contributed by atoms with Crippen molar-refractivity contribution in [3.05, 3.63) is 48.0 Å². The molecular formula is C18H21F2NO5S. The van der Waals surface area contributed by atoms with E-state index in [1.807, 2.05) is 0 Å². The molecule has 0 unspecified atom stereocenters. The molecule has 0 saturated heterocycles. The Hall–Kier alpha value is -2.39. The van der Waals surface area contributed by atoms with Crippen LogP contribution in [0.3, 0.4) is 0 Å². The van der Waals surface area contributed by atoms with E-state index in [9.17, 15) is 17.2 Å². The van der Waals surface area contributed by atoms with Crippen LogP contribution in [-0.2, 0) is 16.4 Å². The van der Waals surface area contributed by atoms with E-state index < -0.39 is 16.6 Å². The second-order valence-electron chi connectivity index (χ2n) is 5.59. The number of para-hydroxylation sites is 1. The maximum atomic E-state index is 12.7. The molecule has 0 radical (unpaired) electrons. The highest BCUT2D eigenvalue weighted by Crippen LogP contribution is 2.29. The van der Waals surface area contributed by atoms with E-state index in [1.54, 1.807) is 18.2 Å². The Kier molecular flexibility index (Phi) is 6.98. The van der Waals surface area contributed by atoms with E-state index in [4.69, 9.17) is 9.47 Å². The summed E-state index contributed by atoms with van der Waals surface area (Å²) in [5, 5.41) is 0. The Morgan fingerprint density at radius 3 is 2.30 bits per heavy atom. The molecule has 0 fully saturated rings. The molecule has 2 aromatic carbocycles. The highest BCUT2D eigenvalue weighted by Gasteiger charge is 2.25. The summed E-state index contributed by atoms with van der Waals surface area (Å²) in [6.45, 7) is -2.97. The summed E-state index contributed by atoms with van der Waals surface area (Å²) in [5.74, 6) is 0.724. The predicted molar refractivity (Wildman–Crippen MR) is 96.1 cm³/mol. The molecule has 9 heteroatoms. The number of ether oxygens (including phenoxy) is 3. The summed E-state index contributed by atoms with van der Waals surface area (Å²) in [7, 11) is 0.426. The molecule has 0 atom stereocenters. The lowest BCUT2D eigenvalue weighted by Crippen LogP contribution is -2.29. The van der Waals surface area contributed by atoms with Crippen LogP contribution in [-0.4, -0.2) is 47.1 Å². The van der Waals surface area contributed by atoms with Gasteiger partial charge in [0.05, 0.1) is 14.2 Å². The van der Waals surface area contributed by atoms with Crippen LogP contribution < -0.4 is 14.2 Å². The zero-order valence-corrected chi connectivity index (χ0v) is 16.0. The average molecular weight is 401 g/mol. The molecule has 0 bridgehead atoms. The minimum atomic E-state index is -3.99. The van der Waals surface area contributed by atoms with Gasteiger partial charge in [-0.3, -0.25) is 0 Å². The van der Waals surface area contributed by atoms with Crippen molar-refractivity contribution in [3.63, 3.8) is 0 Å². The van der Waals surface area contributed by atoms with E-state index in [-0.39, 0.29) is 17.2 Å². The molecule has 27 heavy (non-hydrogen) atoms. The van der Waals surface area contributed by atoms with Gasteiger partial charge in [0.25, 0.3) is 0 Å². The summed E-state index contributed by atoms with van der Waals surface area (Å²) in [6.07, 6.45) is 0.397. The Morgan fingerprint density at radius 2 is 1.67 bits per heavy atom. The second kappa shape index (κ2) is 9.01. The first kappa shape index (κ1) is 20.9. The van der Waals surface area contributed by atoms with Crippen molar-refractivity contribution < 1.29 is 31.4 Å². The molecule has 0 amide bonds. The van der Waals surface area contributed by atoms with Crippen molar-refractivity contribution >= 4 is 10.0 Å². The third kappa shape index (κ3) is 5.08. The Bertz CT molecular complexity index is 874. The van der Waals surface area contributed by atoms with Gasteiger partial charge in [-0.05, 0) is 36.2 Å². The number of benzene rings is 2. The third-order valence-corrected chi connectivity index (χ3v) is 5.81. The van der Waals surface area contributed by atoms with E-state index in [2.05, 4.69) is 4.74 Å². The van der Waals surface area contributed by atoms with Gasteiger partial charge in [-0.2, -0.15) is 8.78 Å². The number of alkyl halides is 2. The monoisotopic (exact) mass is 401 g/mol. The first-order chi connectivity index (χ1) is 12.8. The Morgan fingerprint density at radius 1 is 1.00 bits per heavy atom. The molecule has 0 N–H and O–H groups in total. The number of likely N-dealkylation sites (N-methyl/N-ethyl adjacent to an activating group) is 1. The smallest absolute Gasteiger partial charge is 0.387 e. The van der Waals surface area contributed by atoms with Crippen LogP contribution in [0.4, 0.5) is 8.78 Å². The molecule has 0 aliphatic rings. The summed E-state index contributed by atoms with van der Waals surface area (Å²) >= 11 is 0. The second-order valence-corrected chi connectivity index (χ2v) is 7.60. The fourth-order valence-electron chi connectivity index (χ4n) is 2.47.